The third-order valence-electron chi connectivity index (χ3n) is 4.18. The van der Waals surface area contributed by atoms with Crippen molar-refractivity contribution < 1.29 is 9.59 Å². The molecule has 2 N–H and O–H groups in total. The van der Waals surface area contributed by atoms with E-state index in [1.807, 2.05) is 63.2 Å². The molecule has 2 aromatic rings. The van der Waals surface area contributed by atoms with Crippen LogP contribution in [-0.4, -0.2) is 36.9 Å². The van der Waals surface area contributed by atoms with Crippen molar-refractivity contribution in [2.24, 2.45) is 0 Å². The first kappa shape index (κ1) is 19.7. The zero-order chi connectivity index (χ0) is 19.1. The lowest BCUT2D eigenvalue weighted by atomic mass is 10.1. The summed E-state index contributed by atoms with van der Waals surface area (Å²) in [5.41, 5.74) is 5.14. The Morgan fingerprint density at radius 2 is 1.46 bits per heavy atom. The number of nitrogens with zero attached hydrogens (tertiary/aromatic N) is 1. The molecule has 0 aliphatic rings. The number of para-hydroxylation sites is 1. The quantitative estimate of drug-likeness (QED) is 0.805. The van der Waals surface area contributed by atoms with Gasteiger partial charge in [0.1, 0.15) is 0 Å². The number of hydrogen-bond acceptors (Lipinski definition) is 3. The molecule has 0 fully saturated rings. The fourth-order valence-corrected chi connectivity index (χ4v) is 2.70. The highest BCUT2D eigenvalue weighted by Gasteiger charge is 2.12. The summed E-state index contributed by atoms with van der Waals surface area (Å²) in [6.07, 6.45) is 0. The topological polar surface area (TPSA) is 61.4 Å². The second-order valence-corrected chi connectivity index (χ2v) is 6.75. The van der Waals surface area contributed by atoms with Crippen molar-refractivity contribution in [2.45, 2.75) is 27.3 Å². The summed E-state index contributed by atoms with van der Waals surface area (Å²) >= 11 is 0. The SMILES string of the molecule is Cc1ccc(CNC(=O)CN(C)CC(=O)Nc2c(C)cccc2C)cc1. The molecule has 0 aliphatic carbocycles. The number of likely N-dealkylation sites (N-methyl/N-ethyl adjacent to an activating group) is 1. The second-order valence-electron chi connectivity index (χ2n) is 6.75. The van der Waals surface area contributed by atoms with Gasteiger partial charge in [0, 0.05) is 12.2 Å². The highest BCUT2D eigenvalue weighted by Crippen LogP contribution is 2.19. The fourth-order valence-electron chi connectivity index (χ4n) is 2.70. The first-order valence-corrected chi connectivity index (χ1v) is 8.72. The van der Waals surface area contributed by atoms with Crippen LogP contribution in [0.15, 0.2) is 42.5 Å². The van der Waals surface area contributed by atoms with Gasteiger partial charge >= 0.3 is 0 Å². The van der Waals surface area contributed by atoms with Crippen LogP contribution >= 0.6 is 0 Å². The highest BCUT2D eigenvalue weighted by atomic mass is 16.2. The van der Waals surface area contributed by atoms with E-state index in [9.17, 15) is 9.59 Å². The van der Waals surface area contributed by atoms with Gasteiger partial charge in [0.2, 0.25) is 11.8 Å². The lowest BCUT2D eigenvalue weighted by Crippen LogP contribution is -2.38. The Balaban J connectivity index is 1.78. The van der Waals surface area contributed by atoms with Gasteiger partial charge in [-0.1, -0.05) is 48.0 Å². The molecule has 0 atom stereocenters. The minimum absolute atomic E-state index is 0.104. The van der Waals surface area contributed by atoms with E-state index in [1.54, 1.807) is 11.9 Å². The van der Waals surface area contributed by atoms with Gasteiger partial charge in [-0.15, -0.1) is 0 Å². The van der Waals surface area contributed by atoms with Crippen LogP contribution in [0.25, 0.3) is 0 Å². The number of rotatable bonds is 7. The third-order valence-corrected chi connectivity index (χ3v) is 4.18. The molecule has 26 heavy (non-hydrogen) atoms. The van der Waals surface area contributed by atoms with Crippen molar-refractivity contribution in [1.82, 2.24) is 10.2 Å². The normalized spacial score (nSPS) is 10.7. The highest BCUT2D eigenvalue weighted by molar-refractivity contribution is 5.94. The molecule has 0 saturated carbocycles. The van der Waals surface area contributed by atoms with E-state index in [2.05, 4.69) is 10.6 Å². The number of aryl methyl sites for hydroxylation is 3. The summed E-state index contributed by atoms with van der Waals surface area (Å²) in [6, 6.07) is 13.9. The summed E-state index contributed by atoms with van der Waals surface area (Å²) < 4.78 is 0. The molecule has 0 heterocycles. The van der Waals surface area contributed by atoms with E-state index in [0.717, 1.165) is 22.4 Å². The Morgan fingerprint density at radius 3 is 2.08 bits per heavy atom. The zero-order valence-electron chi connectivity index (χ0n) is 15.9. The molecule has 0 bridgehead atoms. The van der Waals surface area contributed by atoms with Crippen LogP contribution in [-0.2, 0) is 16.1 Å². The molecular weight excluding hydrogens is 326 g/mol. The molecule has 5 nitrogen and oxygen atoms in total. The van der Waals surface area contributed by atoms with E-state index in [-0.39, 0.29) is 24.9 Å². The summed E-state index contributed by atoms with van der Waals surface area (Å²) in [5.74, 6) is -0.232. The molecule has 2 rings (SSSR count). The molecule has 0 aromatic heterocycles. The lowest BCUT2D eigenvalue weighted by molar-refractivity contribution is -0.123. The zero-order valence-corrected chi connectivity index (χ0v) is 15.9. The van der Waals surface area contributed by atoms with Gasteiger partial charge in [0.05, 0.1) is 13.1 Å². The van der Waals surface area contributed by atoms with Gasteiger partial charge in [-0.3, -0.25) is 14.5 Å². The smallest absolute Gasteiger partial charge is 0.238 e. The largest absolute Gasteiger partial charge is 0.351 e. The number of amides is 2. The molecular formula is C21H27N3O2. The van der Waals surface area contributed by atoms with E-state index >= 15 is 0 Å². The monoisotopic (exact) mass is 353 g/mol. The standard InChI is InChI=1S/C21H27N3O2/c1-15-8-10-18(11-9-15)12-22-19(25)13-24(4)14-20(26)23-21-16(2)6-5-7-17(21)3/h5-11H,12-14H2,1-4H3,(H,22,25)(H,23,26). The maximum atomic E-state index is 12.2. The minimum Gasteiger partial charge on any atom is -0.351 e. The van der Waals surface area contributed by atoms with E-state index in [0.29, 0.717) is 6.54 Å². The van der Waals surface area contributed by atoms with Crippen LogP contribution in [0.4, 0.5) is 5.69 Å². The Kier molecular flexibility index (Phi) is 6.92. The lowest BCUT2D eigenvalue weighted by Gasteiger charge is -2.17. The minimum atomic E-state index is -0.128. The van der Waals surface area contributed by atoms with E-state index in [4.69, 9.17) is 0 Å². The van der Waals surface area contributed by atoms with Crippen LogP contribution in [0.2, 0.25) is 0 Å². The van der Waals surface area contributed by atoms with Crippen molar-refractivity contribution in [3.63, 3.8) is 0 Å². The Morgan fingerprint density at radius 1 is 0.885 bits per heavy atom. The molecule has 0 radical (unpaired) electrons. The van der Waals surface area contributed by atoms with Gasteiger partial charge in [-0.05, 0) is 44.5 Å². The van der Waals surface area contributed by atoms with Crippen LogP contribution < -0.4 is 10.6 Å². The number of nitrogens with one attached hydrogen (secondary N) is 2. The van der Waals surface area contributed by atoms with Crippen molar-refractivity contribution >= 4 is 17.5 Å². The third kappa shape index (κ3) is 6.01. The molecule has 2 aromatic carbocycles. The van der Waals surface area contributed by atoms with Crippen molar-refractivity contribution in [3.8, 4) is 0 Å². The summed E-state index contributed by atoms with van der Waals surface area (Å²) in [5, 5.41) is 5.81. The van der Waals surface area contributed by atoms with Gasteiger partial charge in [-0.2, -0.15) is 0 Å². The van der Waals surface area contributed by atoms with Crippen LogP contribution in [0.3, 0.4) is 0 Å². The molecule has 0 unspecified atom stereocenters. The van der Waals surface area contributed by atoms with Gasteiger partial charge < -0.3 is 10.6 Å². The average molecular weight is 353 g/mol. The van der Waals surface area contributed by atoms with Crippen LogP contribution in [0.1, 0.15) is 22.3 Å². The van der Waals surface area contributed by atoms with Crippen LogP contribution in [0, 0.1) is 20.8 Å². The number of anilines is 1. The van der Waals surface area contributed by atoms with Gasteiger partial charge in [-0.25, -0.2) is 0 Å². The molecule has 2 amide bonds. The van der Waals surface area contributed by atoms with Gasteiger partial charge in [0.15, 0.2) is 0 Å². The molecule has 0 saturated heterocycles. The summed E-state index contributed by atoms with van der Waals surface area (Å²) in [7, 11) is 1.76. The van der Waals surface area contributed by atoms with Crippen molar-refractivity contribution in [1.29, 1.82) is 0 Å². The molecule has 0 spiro atoms. The maximum absolute atomic E-state index is 12.2. The van der Waals surface area contributed by atoms with Crippen molar-refractivity contribution in [3.05, 3.63) is 64.7 Å². The summed E-state index contributed by atoms with van der Waals surface area (Å²) in [6.45, 7) is 6.77. The molecule has 5 heteroatoms. The Hall–Kier alpha value is -2.66. The van der Waals surface area contributed by atoms with E-state index < -0.39 is 0 Å². The molecule has 138 valence electrons. The number of hydrogen-bond donors (Lipinski definition) is 2. The van der Waals surface area contributed by atoms with Crippen LogP contribution in [0.5, 0.6) is 0 Å². The number of benzene rings is 2. The van der Waals surface area contributed by atoms with Crippen molar-refractivity contribution in [2.75, 3.05) is 25.5 Å². The second kappa shape index (κ2) is 9.15. The first-order chi connectivity index (χ1) is 12.3. The predicted octanol–water partition coefficient (Wildman–Crippen LogP) is 2.80. The average Bonchev–Trinajstić information content (AvgIpc) is 2.57. The fraction of sp³-hybridized carbons (Fsp3) is 0.333. The number of carbonyl (C=O) groups excluding carboxylic acids is 2. The van der Waals surface area contributed by atoms with Gasteiger partial charge in [0.25, 0.3) is 0 Å². The molecule has 0 aliphatic heterocycles. The Bertz CT molecular complexity index is 749. The first-order valence-electron chi connectivity index (χ1n) is 8.72. The summed E-state index contributed by atoms with van der Waals surface area (Å²) in [4.78, 5) is 26.0. The number of carbonyl (C=O) groups is 2. The van der Waals surface area contributed by atoms with E-state index in [1.165, 1.54) is 5.56 Å². The maximum Gasteiger partial charge on any atom is 0.238 e. The predicted molar refractivity (Wildman–Crippen MR) is 105 cm³/mol. The Labute approximate surface area is 155 Å².